The Balaban J connectivity index is 2.75. The summed E-state index contributed by atoms with van der Waals surface area (Å²) < 4.78 is 0. The molecule has 1 atom stereocenters. The number of nitrogens with one attached hydrogen (secondary N) is 2. The summed E-state index contributed by atoms with van der Waals surface area (Å²) >= 11 is 0. The molecule has 3 heteroatoms. The first-order valence-electron chi connectivity index (χ1n) is 7.26. The summed E-state index contributed by atoms with van der Waals surface area (Å²) in [5.74, 6) is 0.0620. The predicted molar refractivity (Wildman–Crippen MR) is 80.5 cm³/mol. The Morgan fingerprint density at radius 3 is 2.63 bits per heavy atom. The maximum Gasteiger partial charge on any atom is 0.251 e. The fourth-order valence-corrected chi connectivity index (χ4v) is 2.21. The van der Waals surface area contributed by atoms with Crippen molar-refractivity contribution in [2.75, 3.05) is 13.6 Å². The van der Waals surface area contributed by atoms with E-state index in [9.17, 15) is 4.79 Å². The maximum atomic E-state index is 12.3. The molecule has 0 heterocycles. The van der Waals surface area contributed by atoms with Gasteiger partial charge >= 0.3 is 0 Å². The average Bonchev–Trinajstić information content (AvgIpc) is 2.44. The van der Waals surface area contributed by atoms with Crippen LogP contribution in [-0.2, 0) is 6.42 Å². The third-order valence-electron chi connectivity index (χ3n) is 3.37. The number of rotatable bonds is 8. The van der Waals surface area contributed by atoms with Gasteiger partial charge in [-0.25, -0.2) is 0 Å². The Morgan fingerprint density at radius 1 is 1.26 bits per heavy atom. The fourth-order valence-electron chi connectivity index (χ4n) is 2.21. The molecule has 0 fully saturated rings. The van der Waals surface area contributed by atoms with Gasteiger partial charge in [0.25, 0.3) is 5.91 Å². The zero-order chi connectivity index (χ0) is 14.1. The van der Waals surface area contributed by atoms with E-state index in [1.165, 1.54) is 0 Å². The zero-order valence-electron chi connectivity index (χ0n) is 12.3. The van der Waals surface area contributed by atoms with E-state index < -0.39 is 0 Å². The lowest BCUT2D eigenvalue weighted by atomic mass is 10.0. The maximum absolute atomic E-state index is 12.3. The molecule has 0 bridgehead atoms. The van der Waals surface area contributed by atoms with E-state index in [0.717, 1.165) is 43.4 Å². The summed E-state index contributed by atoms with van der Waals surface area (Å²) in [4.78, 5) is 12.3. The van der Waals surface area contributed by atoms with Crippen molar-refractivity contribution in [1.29, 1.82) is 0 Å². The quantitative estimate of drug-likeness (QED) is 0.756. The van der Waals surface area contributed by atoms with Crippen LogP contribution in [0, 0.1) is 0 Å². The highest BCUT2D eigenvalue weighted by Gasteiger charge is 2.14. The lowest BCUT2D eigenvalue weighted by molar-refractivity contribution is 0.0933. The second-order valence-corrected chi connectivity index (χ2v) is 4.88. The van der Waals surface area contributed by atoms with Crippen molar-refractivity contribution in [2.45, 2.75) is 45.6 Å². The van der Waals surface area contributed by atoms with E-state index in [1.54, 1.807) is 0 Å². The monoisotopic (exact) mass is 262 g/mol. The second-order valence-electron chi connectivity index (χ2n) is 4.88. The minimum atomic E-state index is 0.0620. The van der Waals surface area contributed by atoms with Gasteiger partial charge in [0, 0.05) is 11.6 Å². The van der Waals surface area contributed by atoms with Crippen LogP contribution in [0.15, 0.2) is 24.3 Å². The molecule has 1 aromatic carbocycles. The van der Waals surface area contributed by atoms with Gasteiger partial charge in [0.15, 0.2) is 0 Å². The van der Waals surface area contributed by atoms with E-state index in [1.807, 2.05) is 31.3 Å². The summed E-state index contributed by atoms with van der Waals surface area (Å²) in [5, 5.41) is 6.26. The van der Waals surface area contributed by atoms with Crippen molar-refractivity contribution in [3.05, 3.63) is 35.4 Å². The Bertz CT molecular complexity index is 390. The molecule has 0 aliphatic carbocycles. The number of benzene rings is 1. The van der Waals surface area contributed by atoms with Crippen molar-refractivity contribution < 1.29 is 4.79 Å². The average molecular weight is 262 g/mol. The highest BCUT2D eigenvalue weighted by atomic mass is 16.1. The standard InChI is InChI=1S/C16H26N2O/c1-4-8-14(5-2)18-16(19)15-10-7-6-9-13(15)11-12-17-3/h6-7,9-10,14,17H,4-5,8,11-12H2,1-3H3,(H,18,19). The van der Waals surface area contributed by atoms with Crippen molar-refractivity contribution in [3.63, 3.8) is 0 Å². The van der Waals surface area contributed by atoms with Gasteiger partial charge in [0.05, 0.1) is 0 Å². The minimum absolute atomic E-state index is 0.0620. The van der Waals surface area contributed by atoms with Gasteiger partial charge in [-0.15, -0.1) is 0 Å². The molecule has 0 aliphatic rings. The number of carbonyl (C=O) groups is 1. The lowest BCUT2D eigenvalue weighted by Crippen LogP contribution is -2.34. The molecule has 106 valence electrons. The van der Waals surface area contributed by atoms with Crippen LogP contribution in [0.3, 0.4) is 0 Å². The normalized spacial score (nSPS) is 12.2. The van der Waals surface area contributed by atoms with Crippen molar-refractivity contribution in [1.82, 2.24) is 10.6 Å². The summed E-state index contributed by atoms with van der Waals surface area (Å²) in [6, 6.07) is 8.16. The predicted octanol–water partition coefficient (Wildman–Crippen LogP) is 2.76. The molecule has 0 saturated carbocycles. The number of hydrogen-bond acceptors (Lipinski definition) is 2. The highest BCUT2D eigenvalue weighted by molar-refractivity contribution is 5.95. The van der Waals surface area contributed by atoms with E-state index in [4.69, 9.17) is 0 Å². The Kier molecular flexibility index (Phi) is 7.19. The molecular weight excluding hydrogens is 236 g/mol. The Labute approximate surface area is 116 Å². The van der Waals surface area contributed by atoms with Crippen LogP contribution in [-0.4, -0.2) is 25.5 Å². The largest absolute Gasteiger partial charge is 0.349 e. The van der Waals surface area contributed by atoms with Gasteiger partial charge < -0.3 is 10.6 Å². The van der Waals surface area contributed by atoms with Gasteiger partial charge in [-0.3, -0.25) is 4.79 Å². The molecular formula is C16H26N2O. The third-order valence-corrected chi connectivity index (χ3v) is 3.37. The number of hydrogen-bond donors (Lipinski definition) is 2. The first-order valence-corrected chi connectivity index (χ1v) is 7.26. The van der Waals surface area contributed by atoms with Crippen LogP contribution in [0.2, 0.25) is 0 Å². The first kappa shape index (κ1) is 15.7. The van der Waals surface area contributed by atoms with Crippen molar-refractivity contribution >= 4 is 5.91 Å². The lowest BCUT2D eigenvalue weighted by Gasteiger charge is -2.17. The summed E-state index contributed by atoms with van der Waals surface area (Å²) in [5.41, 5.74) is 1.92. The molecule has 1 unspecified atom stereocenters. The summed E-state index contributed by atoms with van der Waals surface area (Å²) in [6.07, 6.45) is 4.00. The first-order chi connectivity index (χ1) is 9.22. The molecule has 19 heavy (non-hydrogen) atoms. The van der Waals surface area contributed by atoms with E-state index >= 15 is 0 Å². The summed E-state index contributed by atoms with van der Waals surface area (Å²) in [7, 11) is 1.93. The minimum Gasteiger partial charge on any atom is -0.349 e. The van der Waals surface area contributed by atoms with Crippen LogP contribution in [0.5, 0.6) is 0 Å². The molecule has 3 nitrogen and oxygen atoms in total. The van der Waals surface area contributed by atoms with Crippen LogP contribution in [0.25, 0.3) is 0 Å². The molecule has 0 spiro atoms. The van der Waals surface area contributed by atoms with Crippen LogP contribution < -0.4 is 10.6 Å². The highest BCUT2D eigenvalue weighted by Crippen LogP contribution is 2.11. The SMILES string of the molecule is CCCC(CC)NC(=O)c1ccccc1CCNC. The molecule has 1 rings (SSSR count). The Hall–Kier alpha value is -1.35. The molecule has 0 aliphatic heterocycles. The third kappa shape index (κ3) is 5.03. The molecule has 1 amide bonds. The molecule has 2 N–H and O–H groups in total. The van der Waals surface area contributed by atoms with Crippen LogP contribution in [0.4, 0.5) is 0 Å². The van der Waals surface area contributed by atoms with Gasteiger partial charge in [0.2, 0.25) is 0 Å². The fraction of sp³-hybridized carbons (Fsp3) is 0.562. The van der Waals surface area contributed by atoms with Crippen molar-refractivity contribution in [3.8, 4) is 0 Å². The van der Waals surface area contributed by atoms with Gasteiger partial charge in [-0.05, 0) is 44.5 Å². The Morgan fingerprint density at radius 2 is 2.00 bits per heavy atom. The van der Waals surface area contributed by atoms with Crippen LogP contribution >= 0.6 is 0 Å². The van der Waals surface area contributed by atoms with Gasteiger partial charge in [-0.2, -0.15) is 0 Å². The number of amides is 1. The molecule has 1 aromatic rings. The zero-order valence-corrected chi connectivity index (χ0v) is 12.3. The molecule has 0 aromatic heterocycles. The van der Waals surface area contributed by atoms with E-state index in [2.05, 4.69) is 24.5 Å². The molecule has 0 saturated heterocycles. The summed E-state index contributed by atoms with van der Waals surface area (Å²) in [6.45, 7) is 5.15. The smallest absolute Gasteiger partial charge is 0.251 e. The van der Waals surface area contributed by atoms with E-state index in [0.29, 0.717) is 0 Å². The van der Waals surface area contributed by atoms with Crippen LogP contribution in [0.1, 0.15) is 49.0 Å². The molecule has 0 radical (unpaired) electrons. The second kappa shape index (κ2) is 8.70. The number of likely N-dealkylation sites (N-methyl/N-ethyl adjacent to an activating group) is 1. The van der Waals surface area contributed by atoms with Gasteiger partial charge in [0.1, 0.15) is 0 Å². The number of carbonyl (C=O) groups excluding carboxylic acids is 1. The topological polar surface area (TPSA) is 41.1 Å². The van der Waals surface area contributed by atoms with E-state index in [-0.39, 0.29) is 11.9 Å². The van der Waals surface area contributed by atoms with Crippen molar-refractivity contribution in [2.24, 2.45) is 0 Å². The van der Waals surface area contributed by atoms with Gasteiger partial charge in [-0.1, -0.05) is 38.5 Å².